The lowest BCUT2D eigenvalue weighted by atomic mass is 9.96. The number of hydrogen-bond donors (Lipinski definition) is 3. The summed E-state index contributed by atoms with van der Waals surface area (Å²) in [5.41, 5.74) is 8.48. The first-order chi connectivity index (χ1) is 26.3. The number of amides is 2. The van der Waals surface area contributed by atoms with Crippen LogP contribution in [0.15, 0.2) is 84.9 Å². The first-order valence-corrected chi connectivity index (χ1v) is 19.0. The van der Waals surface area contributed by atoms with Gasteiger partial charge in [-0.2, -0.15) is 0 Å². The zero-order valence-electron chi connectivity index (χ0n) is 31.6. The number of aliphatic hydroxyl groups excluding tert-OH is 1. The van der Waals surface area contributed by atoms with Crippen molar-refractivity contribution in [1.82, 2.24) is 15.5 Å². The molecule has 2 heterocycles. The lowest BCUT2D eigenvalue weighted by molar-refractivity contribution is -0.253. The third kappa shape index (κ3) is 10.5. The number of carbonyl (C=O) groups is 2. The molecule has 54 heavy (non-hydrogen) atoms. The molecule has 2 aliphatic rings. The van der Waals surface area contributed by atoms with Crippen LogP contribution < -0.4 is 20.1 Å². The summed E-state index contributed by atoms with van der Waals surface area (Å²) in [4.78, 5) is 26.0. The molecule has 0 radical (unpaired) electrons. The number of ether oxygens (including phenoxy) is 4. The van der Waals surface area contributed by atoms with Gasteiger partial charge in [-0.3, -0.25) is 14.5 Å². The minimum absolute atomic E-state index is 0.00422. The molecule has 4 aromatic carbocycles. The second-order valence-electron chi connectivity index (χ2n) is 14.2. The molecular formula is C44H53N3O7. The molecule has 3 atom stereocenters. The Bertz CT molecular complexity index is 1860. The second kappa shape index (κ2) is 19.0. The number of rotatable bonds is 16. The highest BCUT2D eigenvalue weighted by Crippen LogP contribution is 2.40. The molecule has 3 N–H and O–H groups in total. The van der Waals surface area contributed by atoms with Crippen molar-refractivity contribution in [2.75, 3.05) is 33.9 Å². The maximum atomic E-state index is 12.5. The Morgan fingerprint density at radius 3 is 2.30 bits per heavy atom. The number of benzene rings is 4. The van der Waals surface area contributed by atoms with Crippen LogP contribution in [0.25, 0.3) is 11.1 Å². The maximum Gasteiger partial charge on any atom is 0.220 e. The topological polar surface area (TPSA) is 119 Å². The van der Waals surface area contributed by atoms with Crippen molar-refractivity contribution in [3.63, 3.8) is 0 Å². The molecule has 0 aliphatic carbocycles. The summed E-state index contributed by atoms with van der Waals surface area (Å²) in [5.74, 6) is 1.50. The van der Waals surface area contributed by atoms with Crippen LogP contribution in [0.1, 0.15) is 84.8 Å². The van der Waals surface area contributed by atoms with E-state index in [1.165, 1.54) is 18.1 Å². The number of carbonyl (C=O) groups excluding carboxylic acids is 2. The molecule has 1 saturated heterocycles. The fourth-order valence-electron chi connectivity index (χ4n) is 7.28. The molecule has 0 spiro atoms. The van der Waals surface area contributed by atoms with Gasteiger partial charge < -0.3 is 34.7 Å². The van der Waals surface area contributed by atoms with E-state index in [1.807, 2.05) is 42.5 Å². The number of nitrogens with zero attached hydrogens (tertiary/aromatic N) is 1. The van der Waals surface area contributed by atoms with Gasteiger partial charge in [0.1, 0.15) is 0 Å². The second-order valence-corrected chi connectivity index (χ2v) is 14.2. The molecule has 0 bridgehead atoms. The Hall–Kier alpha value is -4.74. The molecule has 10 heteroatoms. The number of unbranched alkanes of at least 4 members (excludes halogenated alkanes) is 2. The van der Waals surface area contributed by atoms with Crippen LogP contribution >= 0.6 is 0 Å². The molecule has 0 saturated carbocycles. The maximum absolute atomic E-state index is 12.5. The molecule has 2 amide bonds. The molecule has 0 unspecified atom stereocenters. The summed E-state index contributed by atoms with van der Waals surface area (Å²) in [6.07, 6.45) is 3.79. The van der Waals surface area contributed by atoms with E-state index in [-0.39, 0.29) is 30.6 Å². The van der Waals surface area contributed by atoms with Crippen molar-refractivity contribution < 1.29 is 33.6 Å². The van der Waals surface area contributed by atoms with Gasteiger partial charge in [-0.15, -0.1) is 0 Å². The van der Waals surface area contributed by atoms with Crippen molar-refractivity contribution in [3.8, 4) is 22.6 Å². The molecule has 1 fully saturated rings. The molecule has 4 aromatic rings. The Labute approximate surface area is 318 Å². The van der Waals surface area contributed by atoms with Gasteiger partial charge in [-0.05, 0) is 82.5 Å². The summed E-state index contributed by atoms with van der Waals surface area (Å²) in [5, 5.41) is 15.5. The predicted molar refractivity (Wildman–Crippen MR) is 208 cm³/mol. The SMILES string of the molecule is COc1cc2c(cc1OC)CN(C[C@H]1C[C@@H](c3ccc(CO)cc3)O[C@@H](c3cccc(-c4cccc(CNC(=O)CCCCCNC(C)=O)c4)c3)O1)CC2. The van der Waals surface area contributed by atoms with E-state index in [0.29, 0.717) is 25.9 Å². The highest BCUT2D eigenvalue weighted by atomic mass is 16.7. The first-order valence-electron chi connectivity index (χ1n) is 19.0. The lowest BCUT2D eigenvalue weighted by Gasteiger charge is -2.39. The number of aliphatic hydroxyl groups is 1. The van der Waals surface area contributed by atoms with Crippen LogP contribution in [0.2, 0.25) is 0 Å². The van der Waals surface area contributed by atoms with Gasteiger partial charge in [0, 0.05) is 58.1 Å². The first kappa shape index (κ1) is 39.0. The van der Waals surface area contributed by atoms with E-state index < -0.39 is 6.29 Å². The minimum Gasteiger partial charge on any atom is -0.493 e. The van der Waals surface area contributed by atoms with Crippen molar-refractivity contribution in [2.45, 2.75) is 83.6 Å². The summed E-state index contributed by atoms with van der Waals surface area (Å²) in [7, 11) is 3.34. The van der Waals surface area contributed by atoms with Crippen molar-refractivity contribution in [1.29, 1.82) is 0 Å². The van der Waals surface area contributed by atoms with Crippen LogP contribution in [-0.2, 0) is 45.2 Å². The molecule has 0 aromatic heterocycles. The van der Waals surface area contributed by atoms with Gasteiger partial charge in [0.2, 0.25) is 11.8 Å². The zero-order chi connectivity index (χ0) is 37.9. The summed E-state index contributed by atoms with van der Waals surface area (Å²) in [6.45, 7) is 5.06. The molecule has 10 nitrogen and oxygen atoms in total. The number of fused-ring (bicyclic) bond motifs is 1. The van der Waals surface area contributed by atoms with Gasteiger partial charge in [0.25, 0.3) is 0 Å². The monoisotopic (exact) mass is 735 g/mol. The molecule has 286 valence electrons. The lowest BCUT2D eigenvalue weighted by Crippen LogP contribution is -2.41. The molecule has 2 aliphatic heterocycles. The standard InChI is InChI=1S/C44H53N3O7/c1-30(49)45-19-6-4-5-13-43(50)46-26-32-9-7-10-34(21-32)35-11-8-12-37(22-35)44-53-39(25-40(54-44)33-16-14-31(29-48)15-17-33)28-47-20-18-36-23-41(51-2)42(52-3)24-38(36)27-47/h7-12,14-17,21-24,39-40,44,48H,4-6,13,18-20,25-29H2,1-3H3,(H,45,49)(H,46,50)/t39-,40+,44+/m1/s1. The third-order valence-electron chi connectivity index (χ3n) is 10.2. The fraction of sp³-hybridized carbons (Fsp3) is 0.409. The van der Waals surface area contributed by atoms with Crippen molar-refractivity contribution in [3.05, 3.63) is 118 Å². The van der Waals surface area contributed by atoms with E-state index in [4.69, 9.17) is 18.9 Å². The van der Waals surface area contributed by atoms with Crippen LogP contribution in [0.5, 0.6) is 11.5 Å². The summed E-state index contributed by atoms with van der Waals surface area (Å²) >= 11 is 0. The number of methoxy groups -OCH3 is 2. The quantitative estimate of drug-likeness (QED) is 0.108. The normalized spacial score (nSPS) is 18.4. The fourth-order valence-corrected chi connectivity index (χ4v) is 7.28. The minimum atomic E-state index is -0.576. The Balaban J connectivity index is 1.13. The summed E-state index contributed by atoms with van der Waals surface area (Å²) in [6, 6.07) is 28.7. The van der Waals surface area contributed by atoms with Crippen LogP contribution in [0.3, 0.4) is 0 Å². The van der Waals surface area contributed by atoms with Gasteiger partial charge in [0.15, 0.2) is 17.8 Å². The van der Waals surface area contributed by atoms with E-state index in [2.05, 4.69) is 58.0 Å². The number of nitrogens with one attached hydrogen (secondary N) is 2. The van der Waals surface area contributed by atoms with Crippen molar-refractivity contribution >= 4 is 11.8 Å². The Morgan fingerprint density at radius 1 is 0.815 bits per heavy atom. The van der Waals surface area contributed by atoms with Crippen LogP contribution in [0.4, 0.5) is 0 Å². The van der Waals surface area contributed by atoms with Crippen molar-refractivity contribution in [2.24, 2.45) is 0 Å². The highest BCUT2D eigenvalue weighted by Gasteiger charge is 2.34. The van der Waals surface area contributed by atoms with Gasteiger partial charge >= 0.3 is 0 Å². The zero-order valence-corrected chi connectivity index (χ0v) is 31.6. The number of hydrogen-bond acceptors (Lipinski definition) is 8. The third-order valence-corrected chi connectivity index (χ3v) is 10.2. The highest BCUT2D eigenvalue weighted by molar-refractivity contribution is 5.76. The molecular weight excluding hydrogens is 682 g/mol. The van der Waals surface area contributed by atoms with Crippen LogP contribution in [-0.4, -0.2) is 61.8 Å². The average Bonchev–Trinajstić information content (AvgIpc) is 3.20. The Morgan fingerprint density at radius 2 is 1.56 bits per heavy atom. The van der Waals surface area contributed by atoms with Gasteiger partial charge in [-0.25, -0.2) is 0 Å². The van der Waals surface area contributed by atoms with E-state index in [9.17, 15) is 14.7 Å². The Kier molecular flexibility index (Phi) is 13.7. The predicted octanol–water partition coefficient (Wildman–Crippen LogP) is 6.78. The van der Waals surface area contributed by atoms with Gasteiger partial charge in [-0.1, -0.05) is 67.1 Å². The van der Waals surface area contributed by atoms with E-state index in [1.54, 1.807) is 14.2 Å². The van der Waals surface area contributed by atoms with Gasteiger partial charge in [0.05, 0.1) is 33.0 Å². The molecule has 6 rings (SSSR count). The summed E-state index contributed by atoms with van der Waals surface area (Å²) < 4.78 is 24.6. The largest absolute Gasteiger partial charge is 0.493 e. The van der Waals surface area contributed by atoms with Crippen LogP contribution in [0, 0.1) is 0 Å². The van der Waals surface area contributed by atoms with E-state index in [0.717, 1.165) is 90.2 Å². The van der Waals surface area contributed by atoms with E-state index >= 15 is 0 Å². The average molecular weight is 736 g/mol. The smallest absolute Gasteiger partial charge is 0.220 e.